The van der Waals surface area contributed by atoms with Crippen molar-refractivity contribution in [1.82, 2.24) is 10.6 Å². The normalized spacial score (nSPS) is 25.0. The number of amides is 2. The summed E-state index contributed by atoms with van der Waals surface area (Å²) in [6.07, 6.45) is 3.33. The van der Waals surface area contributed by atoms with E-state index in [1.54, 1.807) is 0 Å². The molecule has 2 fully saturated rings. The molecule has 0 radical (unpaired) electrons. The van der Waals surface area contributed by atoms with Gasteiger partial charge in [-0.1, -0.05) is 18.2 Å². The second-order valence-electron chi connectivity index (χ2n) is 5.76. The van der Waals surface area contributed by atoms with E-state index in [0.29, 0.717) is 6.54 Å². The van der Waals surface area contributed by atoms with Gasteiger partial charge in [0.2, 0.25) is 0 Å². The molecule has 2 unspecified atom stereocenters. The third-order valence-electron chi connectivity index (χ3n) is 4.16. The SMILES string of the molecule is O=C(NCC1CCCO1)NC1CCN(c2ccccc2)C1. The Hall–Kier alpha value is -1.75. The molecule has 2 aliphatic rings. The molecule has 0 aliphatic carbocycles. The van der Waals surface area contributed by atoms with Crippen molar-refractivity contribution < 1.29 is 9.53 Å². The molecule has 2 atom stereocenters. The second kappa shape index (κ2) is 6.80. The van der Waals surface area contributed by atoms with Crippen LogP contribution in [0.2, 0.25) is 0 Å². The number of benzene rings is 1. The molecule has 2 saturated heterocycles. The molecular weight excluding hydrogens is 266 g/mol. The van der Waals surface area contributed by atoms with Crippen molar-refractivity contribution >= 4 is 11.7 Å². The molecule has 0 aromatic heterocycles. The molecule has 5 heteroatoms. The first-order chi connectivity index (χ1) is 10.3. The molecule has 0 saturated carbocycles. The minimum Gasteiger partial charge on any atom is -0.376 e. The third kappa shape index (κ3) is 3.88. The van der Waals surface area contributed by atoms with Crippen LogP contribution in [-0.2, 0) is 4.74 Å². The number of nitrogens with zero attached hydrogens (tertiary/aromatic N) is 1. The molecule has 2 heterocycles. The molecule has 2 aliphatic heterocycles. The summed E-state index contributed by atoms with van der Waals surface area (Å²) in [4.78, 5) is 14.2. The summed E-state index contributed by atoms with van der Waals surface area (Å²) in [5.41, 5.74) is 1.22. The van der Waals surface area contributed by atoms with E-state index in [4.69, 9.17) is 4.74 Å². The number of carbonyl (C=O) groups is 1. The molecule has 2 N–H and O–H groups in total. The Balaban J connectivity index is 1.41. The van der Waals surface area contributed by atoms with E-state index < -0.39 is 0 Å². The van der Waals surface area contributed by atoms with Gasteiger partial charge in [0.15, 0.2) is 0 Å². The maximum absolute atomic E-state index is 11.9. The van der Waals surface area contributed by atoms with Crippen molar-refractivity contribution in [3.63, 3.8) is 0 Å². The lowest BCUT2D eigenvalue weighted by molar-refractivity contribution is 0.111. The zero-order chi connectivity index (χ0) is 14.5. The van der Waals surface area contributed by atoms with Gasteiger partial charge in [0.25, 0.3) is 0 Å². The third-order valence-corrected chi connectivity index (χ3v) is 4.16. The minimum atomic E-state index is -0.0783. The lowest BCUT2D eigenvalue weighted by atomic mass is 10.2. The maximum atomic E-state index is 11.9. The molecular formula is C16H23N3O2. The van der Waals surface area contributed by atoms with E-state index in [2.05, 4.69) is 27.7 Å². The molecule has 0 spiro atoms. The maximum Gasteiger partial charge on any atom is 0.315 e. The highest BCUT2D eigenvalue weighted by molar-refractivity contribution is 5.74. The summed E-state index contributed by atoms with van der Waals surface area (Å²) in [5, 5.41) is 5.97. The molecule has 3 rings (SSSR count). The Bertz CT molecular complexity index is 460. The Labute approximate surface area is 125 Å². The fraction of sp³-hybridized carbons (Fsp3) is 0.562. The Morgan fingerprint density at radius 3 is 2.90 bits per heavy atom. The zero-order valence-corrected chi connectivity index (χ0v) is 12.3. The summed E-state index contributed by atoms with van der Waals surface area (Å²) < 4.78 is 5.50. The number of nitrogens with one attached hydrogen (secondary N) is 2. The number of hydrogen-bond donors (Lipinski definition) is 2. The van der Waals surface area contributed by atoms with Crippen molar-refractivity contribution in [1.29, 1.82) is 0 Å². The first kappa shape index (κ1) is 14.2. The van der Waals surface area contributed by atoms with Gasteiger partial charge in [0.1, 0.15) is 0 Å². The number of urea groups is 1. The highest BCUT2D eigenvalue weighted by atomic mass is 16.5. The topological polar surface area (TPSA) is 53.6 Å². The Morgan fingerprint density at radius 1 is 1.29 bits per heavy atom. The van der Waals surface area contributed by atoms with Gasteiger partial charge >= 0.3 is 6.03 Å². The number of hydrogen-bond acceptors (Lipinski definition) is 3. The summed E-state index contributed by atoms with van der Waals surface area (Å²) in [5.74, 6) is 0. The Morgan fingerprint density at radius 2 is 2.14 bits per heavy atom. The summed E-state index contributed by atoms with van der Waals surface area (Å²) in [6, 6.07) is 10.5. The van der Waals surface area contributed by atoms with Crippen LogP contribution in [0.5, 0.6) is 0 Å². The minimum absolute atomic E-state index is 0.0783. The molecule has 1 aromatic carbocycles. The average molecular weight is 289 g/mol. The van der Waals surface area contributed by atoms with Crippen molar-refractivity contribution in [3.05, 3.63) is 30.3 Å². The van der Waals surface area contributed by atoms with Crippen molar-refractivity contribution in [2.75, 3.05) is 31.1 Å². The quantitative estimate of drug-likeness (QED) is 0.888. The average Bonchev–Trinajstić information content (AvgIpc) is 3.17. The predicted octanol–water partition coefficient (Wildman–Crippen LogP) is 1.74. The van der Waals surface area contributed by atoms with Crippen molar-refractivity contribution in [2.24, 2.45) is 0 Å². The van der Waals surface area contributed by atoms with Crippen LogP contribution >= 0.6 is 0 Å². The van der Waals surface area contributed by atoms with Crippen molar-refractivity contribution in [2.45, 2.75) is 31.4 Å². The fourth-order valence-electron chi connectivity index (χ4n) is 3.00. The van der Waals surface area contributed by atoms with Crippen LogP contribution in [0.15, 0.2) is 30.3 Å². The number of para-hydroxylation sites is 1. The van der Waals surface area contributed by atoms with Gasteiger partial charge in [-0.15, -0.1) is 0 Å². The molecule has 5 nitrogen and oxygen atoms in total. The van der Waals surface area contributed by atoms with E-state index in [1.807, 2.05) is 18.2 Å². The van der Waals surface area contributed by atoms with Gasteiger partial charge in [0.05, 0.1) is 6.10 Å². The van der Waals surface area contributed by atoms with Crippen LogP contribution in [0, 0.1) is 0 Å². The summed E-state index contributed by atoms with van der Waals surface area (Å²) >= 11 is 0. The summed E-state index contributed by atoms with van der Waals surface area (Å²) in [7, 11) is 0. The van der Waals surface area contributed by atoms with Crippen molar-refractivity contribution in [3.8, 4) is 0 Å². The number of carbonyl (C=O) groups excluding carboxylic acids is 1. The first-order valence-electron chi connectivity index (χ1n) is 7.77. The van der Waals surface area contributed by atoms with Crippen LogP contribution in [0.25, 0.3) is 0 Å². The van der Waals surface area contributed by atoms with Gasteiger partial charge < -0.3 is 20.3 Å². The van der Waals surface area contributed by atoms with E-state index in [9.17, 15) is 4.79 Å². The molecule has 0 bridgehead atoms. The monoisotopic (exact) mass is 289 g/mol. The molecule has 21 heavy (non-hydrogen) atoms. The molecule has 2 amide bonds. The Kier molecular flexibility index (Phi) is 4.60. The van der Waals surface area contributed by atoms with Crippen LogP contribution < -0.4 is 15.5 Å². The van der Waals surface area contributed by atoms with E-state index >= 15 is 0 Å². The number of ether oxygens (including phenoxy) is 1. The van der Waals surface area contributed by atoms with E-state index in [0.717, 1.165) is 39.0 Å². The fourth-order valence-corrected chi connectivity index (χ4v) is 3.00. The summed E-state index contributed by atoms with van der Waals surface area (Å²) in [6.45, 7) is 3.29. The lowest BCUT2D eigenvalue weighted by Gasteiger charge is -2.19. The standard InChI is InChI=1S/C16H23N3O2/c20-16(17-11-15-7-4-10-21-15)18-13-8-9-19(12-13)14-5-2-1-3-6-14/h1-3,5-6,13,15H,4,7-12H2,(H2,17,18,20). The predicted molar refractivity (Wildman–Crippen MR) is 82.6 cm³/mol. The highest BCUT2D eigenvalue weighted by Gasteiger charge is 2.24. The molecule has 1 aromatic rings. The second-order valence-corrected chi connectivity index (χ2v) is 5.76. The van der Waals surface area contributed by atoms with Gasteiger partial charge in [-0.05, 0) is 31.4 Å². The lowest BCUT2D eigenvalue weighted by Crippen LogP contribution is -2.45. The van der Waals surface area contributed by atoms with Crippen LogP contribution in [0.3, 0.4) is 0 Å². The van der Waals surface area contributed by atoms with Crippen LogP contribution in [-0.4, -0.2) is 44.4 Å². The smallest absolute Gasteiger partial charge is 0.315 e. The largest absolute Gasteiger partial charge is 0.376 e. The number of anilines is 1. The van der Waals surface area contributed by atoms with E-state index in [-0.39, 0.29) is 18.2 Å². The van der Waals surface area contributed by atoms with E-state index in [1.165, 1.54) is 5.69 Å². The zero-order valence-electron chi connectivity index (χ0n) is 12.3. The molecule has 114 valence electrons. The van der Waals surface area contributed by atoms with Crippen LogP contribution in [0.4, 0.5) is 10.5 Å². The van der Waals surface area contributed by atoms with Gasteiger partial charge in [0, 0.05) is 38.0 Å². The van der Waals surface area contributed by atoms with Gasteiger partial charge in [-0.2, -0.15) is 0 Å². The first-order valence-corrected chi connectivity index (χ1v) is 7.77. The van der Waals surface area contributed by atoms with Crippen LogP contribution in [0.1, 0.15) is 19.3 Å². The van der Waals surface area contributed by atoms with Gasteiger partial charge in [-0.3, -0.25) is 0 Å². The highest BCUT2D eigenvalue weighted by Crippen LogP contribution is 2.19. The van der Waals surface area contributed by atoms with Gasteiger partial charge in [-0.25, -0.2) is 4.79 Å². The number of rotatable bonds is 4.